The quantitative estimate of drug-likeness (QED) is 0.643. The van der Waals surface area contributed by atoms with Gasteiger partial charge < -0.3 is 9.47 Å². The van der Waals surface area contributed by atoms with Crippen molar-refractivity contribution in [1.29, 1.82) is 0 Å². The van der Waals surface area contributed by atoms with Crippen LogP contribution in [0.15, 0.2) is 50.9 Å². The molecule has 0 saturated carbocycles. The molecule has 0 N–H and O–H groups in total. The van der Waals surface area contributed by atoms with Crippen molar-refractivity contribution in [2.75, 3.05) is 6.61 Å². The molecule has 1 fully saturated rings. The molecule has 1 amide bonds. The molecule has 27 heavy (non-hydrogen) atoms. The maximum absolute atomic E-state index is 12.7. The summed E-state index contributed by atoms with van der Waals surface area (Å²) in [7, 11) is 0. The van der Waals surface area contributed by atoms with E-state index in [1.165, 1.54) is 14.7 Å². The number of carbonyl (C=O) groups is 1. The molecule has 2 aromatic rings. The van der Waals surface area contributed by atoms with Crippen LogP contribution in [0, 0.1) is 0 Å². The summed E-state index contributed by atoms with van der Waals surface area (Å²) < 4.78 is 12.8. The van der Waals surface area contributed by atoms with Crippen LogP contribution < -0.4 is 0 Å². The Morgan fingerprint density at radius 2 is 2.00 bits per heavy atom. The van der Waals surface area contributed by atoms with Gasteiger partial charge in [0.2, 0.25) is 0 Å². The van der Waals surface area contributed by atoms with Gasteiger partial charge in [0.1, 0.15) is 11.3 Å². The monoisotopic (exact) mass is 405 g/mol. The Hall–Kier alpha value is -1.50. The van der Waals surface area contributed by atoms with Crippen LogP contribution in [-0.2, 0) is 15.9 Å². The first-order chi connectivity index (χ1) is 12.6. The second kappa shape index (κ2) is 7.86. The lowest BCUT2D eigenvalue weighted by atomic mass is 10.1. The molecule has 1 aliphatic heterocycles. The summed E-state index contributed by atoms with van der Waals surface area (Å²) in [4.78, 5) is 15.7. The number of thiophene rings is 1. The zero-order valence-corrected chi connectivity index (χ0v) is 18.2. The number of ether oxygens (including phenoxy) is 2. The average molecular weight is 406 g/mol. The third-order valence-electron chi connectivity index (χ3n) is 4.27. The summed E-state index contributed by atoms with van der Waals surface area (Å²) in [6, 6.07) is 12.7. The number of nitrogens with zero attached hydrogens (tertiary/aromatic N) is 1. The molecule has 1 aromatic carbocycles. The van der Waals surface area contributed by atoms with Crippen LogP contribution in [-0.4, -0.2) is 35.0 Å². The SMILES string of the molecule is CC(C)(C)OC(=O)N1[C@@H](Cc2ccc(Sc3cccs3)cc2)COC1(C)C. The van der Waals surface area contributed by atoms with E-state index in [1.54, 1.807) is 28.0 Å². The molecule has 1 aliphatic rings. The van der Waals surface area contributed by atoms with E-state index in [4.69, 9.17) is 9.47 Å². The van der Waals surface area contributed by atoms with Gasteiger partial charge in [0.05, 0.1) is 16.9 Å². The molecule has 3 rings (SSSR count). The van der Waals surface area contributed by atoms with Gasteiger partial charge in [-0.05, 0) is 70.2 Å². The predicted octanol–water partition coefficient (Wildman–Crippen LogP) is 5.81. The van der Waals surface area contributed by atoms with Gasteiger partial charge >= 0.3 is 6.09 Å². The van der Waals surface area contributed by atoms with E-state index in [0.717, 1.165) is 6.42 Å². The zero-order chi connectivity index (χ0) is 19.7. The highest BCUT2D eigenvalue weighted by molar-refractivity contribution is 8.01. The van der Waals surface area contributed by atoms with Crippen LogP contribution in [0.25, 0.3) is 0 Å². The fourth-order valence-electron chi connectivity index (χ4n) is 3.12. The number of carbonyl (C=O) groups excluding carboxylic acids is 1. The Kier molecular flexibility index (Phi) is 5.89. The molecule has 4 nitrogen and oxygen atoms in total. The van der Waals surface area contributed by atoms with Gasteiger partial charge in [0.15, 0.2) is 0 Å². The van der Waals surface area contributed by atoms with Crippen molar-refractivity contribution < 1.29 is 14.3 Å². The van der Waals surface area contributed by atoms with Crippen LogP contribution in [0.3, 0.4) is 0 Å². The van der Waals surface area contributed by atoms with E-state index in [0.29, 0.717) is 6.61 Å². The van der Waals surface area contributed by atoms with Gasteiger partial charge in [-0.1, -0.05) is 30.0 Å². The van der Waals surface area contributed by atoms with E-state index in [9.17, 15) is 4.79 Å². The van der Waals surface area contributed by atoms with Crippen LogP contribution in [0.2, 0.25) is 0 Å². The molecule has 2 heterocycles. The molecule has 0 radical (unpaired) electrons. The highest BCUT2D eigenvalue weighted by Gasteiger charge is 2.45. The van der Waals surface area contributed by atoms with Crippen molar-refractivity contribution >= 4 is 29.2 Å². The molecule has 0 bridgehead atoms. The van der Waals surface area contributed by atoms with Crippen molar-refractivity contribution in [3.63, 3.8) is 0 Å². The fourth-order valence-corrected chi connectivity index (χ4v) is 4.86. The molecule has 146 valence electrons. The number of hydrogen-bond donors (Lipinski definition) is 0. The molecular formula is C21H27NO3S2. The van der Waals surface area contributed by atoms with Crippen LogP contribution >= 0.6 is 23.1 Å². The topological polar surface area (TPSA) is 38.8 Å². The lowest BCUT2D eigenvalue weighted by molar-refractivity contribution is -0.0624. The molecule has 1 aromatic heterocycles. The molecular weight excluding hydrogens is 378 g/mol. The standard InChI is InChI=1S/C21H27NO3S2/c1-20(2,3)25-19(23)22-16(14-24-21(22,4)5)13-15-8-10-17(11-9-15)27-18-7-6-12-26-18/h6-12,16H,13-14H2,1-5H3/t16-/m0/s1. The fraction of sp³-hybridized carbons (Fsp3) is 0.476. The van der Waals surface area contributed by atoms with E-state index in [-0.39, 0.29) is 12.1 Å². The van der Waals surface area contributed by atoms with Crippen molar-refractivity contribution in [3.05, 3.63) is 47.3 Å². The number of hydrogen-bond acceptors (Lipinski definition) is 5. The average Bonchev–Trinajstić information content (AvgIpc) is 3.15. The van der Waals surface area contributed by atoms with Gasteiger partial charge in [-0.2, -0.15) is 0 Å². The Morgan fingerprint density at radius 3 is 2.59 bits per heavy atom. The Labute approximate surface area is 169 Å². The summed E-state index contributed by atoms with van der Waals surface area (Å²) >= 11 is 3.51. The Balaban J connectivity index is 1.68. The predicted molar refractivity (Wildman–Crippen MR) is 110 cm³/mol. The molecule has 0 unspecified atom stereocenters. The van der Waals surface area contributed by atoms with Gasteiger partial charge in [-0.3, -0.25) is 4.90 Å². The number of benzene rings is 1. The largest absolute Gasteiger partial charge is 0.444 e. The maximum atomic E-state index is 12.7. The van der Waals surface area contributed by atoms with Crippen molar-refractivity contribution in [2.45, 2.75) is 67.5 Å². The molecule has 1 saturated heterocycles. The smallest absolute Gasteiger partial charge is 0.412 e. The van der Waals surface area contributed by atoms with Gasteiger partial charge in [-0.25, -0.2) is 4.79 Å². The third kappa shape index (κ3) is 5.27. The lowest BCUT2D eigenvalue weighted by Gasteiger charge is -2.35. The number of amides is 1. The second-order valence-corrected chi connectivity index (χ2v) is 10.5. The lowest BCUT2D eigenvalue weighted by Crippen LogP contribution is -2.50. The third-order valence-corrected chi connectivity index (χ3v) is 6.32. The van der Waals surface area contributed by atoms with Crippen LogP contribution in [0.5, 0.6) is 0 Å². The molecule has 0 aliphatic carbocycles. The Morgan fingerprint density at radius 1 is 1.30 bits per heavy atom. The van der Waals surface area contributed by atoms with Crippen LogP contribution in [0.1, 0.15) is 40.2 Å². The summed E-state index contributed by atoms with van der Waals surface area (Å²) in [5.41, 5.74) is -0.00599. The first-order valence-electron chi connectivity index (χ1n) is 9.11. The minimum absolute atomic E-state index is 0.0364. The highest BCUT2D eigenvalue weighted by atomic mass is 32.2. The van der Waals surface area contributed by atoms with Gasteiger partial charge in [-0.15, -0.1) is 11.3 Å². The minimum Gasteiger partial charge on any atom is -0.444 e. The second-order valence-electron chi connectivity index (χ2n) is 8.14. The normalized spacial score (nSPS) is 19.3. The molecule has 0 spiro atoms. The number of rotatable bonds is 4. The van der Waals surface area contributed by atoms with Crippen LogP contribution in [0.4, 0.5) is 4.79 Å². The van der Waals surface area contributed by atoms with Crippen molar-refractivity contribution in [2.24, 2.45) is 0 Å². The molecule has 6 heteroatoms. The summed E-state index contributed by atoms with van der Waals surface area (Å²) in [6.07, 6.45) is 0.423. The zero-order valence-electron chi connectivity index (χ0n) is 16.5. The first-order valence-corrected chi connectivity index (χ1v) is 10.8. The summed E-state index contributed by atoms with van der Waals surface area (Å²) in [5.74, 6) is 0. The van der Waals surface area contributed by atoms with Gasteiger partial charge in [0.25, 0.3) is 0 Å². The van der Waals surface area contributed by atoms with E-state index in [2.05, 4.69) is 41.8 Å². The van der Waals surface area contributed by atoms with Gasteiger partial charge in [0, 0.05) is 4.90 Å². The summed E-state index contributed by atoms with van der Waals surface area (Å²) in [5, 5.41) is 2.09. The first kappa shape index (κ1) is 20.2. The Bertz CT molecular complexity index is 764. The van der Waals surface area contributed by atoms with E-state index in [1.807, 2.05) is 34.6 Å². The van der Waals surface area contributed by atoms with E-state index < -0.39 is 11.3 Å². The minimum atomic E-state index is -0.665. The van der Waals surface area contributed by atoms with Crippen molar-refractivity contribution in [1.82, 2.24) is 4.90 Å². The van der Waals surface area contributed by atoms with Crippen molar-refractivity contribution in [3.8, 4) is 0 Å². The molecule has 1 atom stereocenters. The van der Waals surface area contributed by atoms with E-state index >= 15 is 0 Å². The maximum Gasteiger partial charge on any atom is 0.412 e. The highest BCUT2D eigenvalue weighted by Crippen LogP contribution is 2.33. The summed E-state index contributed by atoms with van der Waals surface area (Å²) in [6.45, 7) is 9.99.